The van der Waals surface area contributed by atoms with Gasteiger partial charge in [-0.3, -0.25) is 9.59 Å². The molecule has 1 aliphatic rings. The molecule has 4 aromatic rings. The van der Waals surface area contributed by atoms with Crippen molar-refractivity contribution in [2.75, 3.05) is 6.54 Å². The van der Waals surface area contributed by atoms with Crippen molar-refractivity contribution in [3.63, 3.8) is 0 Å². The van der Waals surface area contributed by atoms with Gasteiger partial charge in [-0.1, -0.05) is 78.9 Å². The molecule has 0 spiro atoms. The van der Waals surface area contributed by atoms with Crippen LogP contribution in [-0.2, 0) is 16.1 Å². The van der Waals surface area contributed by atoms with Crippen LogP contribution in [0.2, 0.25) is 0 Å². The maximum absolute atomic E-state index is 12.7. The smallest absolute Gasteiger partial charge is 0.245 e. The second-order valence-electron chi connectivity index (χ2n) is 8.13. The molecule has 0 saturated carbocycles. The Hall–Kier alpha value is -3.99. The third-order valence-corrected chi connectivity index (χ3v) is 5.98. The number of rotatable bonds is 5. The van der Waals surface area contributed by atoms with Gasteiger partial charge in [-0.25, -0.2) is 5.43 Å². The number of nitrogens with one attached hydrogen (secondary N) is 1. The summed E-state index contributed by atoms with van der Waals surface area (Å²) in [4.78, 5) is 26.8. The predicted molar refractivity (Wildman–Crippen MR) is 127 cm³/mol. The molecule has 1 atom stereocenters. The summed E-state index contributed by atoms with van der Waals surface area (Å²) < 4.78 is 0. The normalized spacial score (nSPS) is 16.3. The molecule has 0 bridgehead atoms. The van der Waals surface area contributed by atoms with Crippen LogP contribution in [0.5, 0.6) is 0 Å². The molecule has 5 rings (SSSR count). The molecule has 0 aliphatic carbocycles. The van der Waals surface area contributed by atoms with Crippen molar-refractivity contribution in [3.8, 4) is 0 Å². The van der Waals surface area contributed by atoms with E-state index >= 15 is 0 Å². The van der Waals surface area contributed by atoms with E-state index in [0.29, 0.717) is 13.1 Å². The SMILES string of the molecule is O=C(N/N=C/c1c2ccccc2cc2ccccc12)C1CC(=O)N(Cc2ccccc2)C1. The average Bonchev–Trinajstić information content (AvgIpc) is 3.19. The van der Waals surface area contributed by atoms with Gasteiger partial charge >= 0.3 is 0 Å². The lowest BCUT2D eigenvalue weighted by Gasteiger charge is -2.16. The summed E-state index contributed by atoms with van der Waals surface area (Å²) in [6.45, 7) is 0.932. The van der Waals surface area contributed by atoms with Gasteiger partial charge in [0.25, 0.3) is 0 Å². The number of hydrogen-bond acceptors (Lipinski definition) is 3. The zero-order valence-corrected chi connectivity index (χ0v) is 17.6. The van der Waals surface area contributed by atoms with Gasteiger partial charge in [0, 0.05) is 25.1 Å². The van der Waals surface area contributed by atoms with Gasteiger partial charge in [0.15, 0.2) is 0 Å². The molecule has 1 fully saturated rings. The Balaban J connectivity index is 1.32. The summed E-state index contributed by atoms with van der Waals surface area (Å²) in [5.41, 5.74) is 4.68. The molecule has 1 unspecified atom stereocenters. The number of benzene rings is 4. The number of hydrogen-bond donors (Lipinski definition) is 1. The molecule has 5 heteroatoms. The van der Waals surface area contributed by atoms with Crippen LogP contribution < -0.4 is 5.43 Å². The van der Waals surface area contributed by atoms with E-state index in [1.807, 2.05) is 54.6 Å². The van der Waals surface area contributed by atoms with Gasteiger partial charge in [-0.05, 0) is 33.2 Å². The van der Waals surface area contributed by atoms with Crippen molar-refractivity contribution in [2.45, 2.75) is 13.0 Å². The average molecular weight is 422 g/mol. The van der Waals surface area contributed by atoms with Crippen molar-refractivity contribution in [3.05, 3.63) is 96.1 Å². The van der Waals surface area contributed by atoms with E-state index in [4.69, 9.17) is 0 Å². The van der Waals surface area contributed by atoms with Crippen molar-refractivity contribution in [1.29, 1.82) is 0 Å². The Morgan fingerprint density at radius 2 is 1.56 bits per heavy atom. The van der Waals surface area contributed by atoms with E-state index in [1.165, 1.54) is 0 Å². The fourth-order valence-corrected chi connectivity index (χ4v) is 4.34. The molecule has 0 radical (unpaired) electrons. The Morgan fingerprint density at radius 1 is 0.938 bits per heavy atom. The Kier molecular flexibility index (Phi) is 5.38. The zero-order chi connectivity index (χ0) is 21.9. The number of nitrogens with zero attached hydrogens (tertiary/aromatic N) is 2. The maximum atomic E-state index is 12.7. The van der Waals surface area contributed by atoms with Gasteiger partial charge in [-0.15, -0.1) is 0 Å². The first-order chi connectivity index (χ1) is 15.7. The lowest BCUT2D eigenvalue weighted by Crippen LogP contribution is -2.30. The van der Waals surface area contributed by atoms with Gasteiger partial charge < -0.3 is 4.90 Å². The first-order valence-electron chi connectivity index (χ1n) is 10.7. The highest BCUT2D eigenvalue weighted by molar-refractivity contribution is 6.13. The van der Waals surface area contributed by atoms with E-state index in [1.54, 1.807) is 11.1 Å². The molecule has 32 heavy (non-hydrogen) atoms. The van der Waals surface area contributed by atoms with Crippen LogP contribution in [0.15, 0.2) is 90.0 Å². The summed E-state index contributed by atoms with van der Waals surface area (Å²) in [6.07, 6.45) is 1.92. The minimum atomic E-state index is -0.396. The van der Waals surface area contributed by atoms with Crippen LogP contribution in [-0.4, -0.2) is 29.5 Å². The van der Waals surface area contributed by atoms with Gasteiger partial charge in [-0.2, -0.15) is 5.10 Å². The van der Waals surface area contributed by atoms with Crippen LogP contribution in [0.4, 0.5) is 0 Å². The second kappa shape index (κ2) is 8.63. The second-order valence-corrected chi connectivity index (χ2v) is 8.13. The number of carbonyl (C=O) groups excluding carboxylic acids is 2. The number of carbonyl (C=O) groups is 2. The highest BCUT2D eigenvalue weighted by Crippen LogP contribution is 2.27. The summed E-state index contributed by atoms with van der Waals surface area (Å²) in [5, 5.41) is 8.67. The Morgan fingerprint density at radius 3 is 2.25 bits per heavy atom. The minimum absolute atomic E-state index is 0.00182. The summed E-state index contributed by atoms with van der Waals surface area (Å²) >= 11 is 0. The maximum Gasteiger partial charge on any atom is 0.245 e. The quantitative estimate of drug-likeness (QED) is 0.293. The van der Waals surface area contributed by atoms with Crippen molar-refractivity contribution in [1.82, 2.24) is 10.3 Å². The molecular formula is C27H23N3O2. The number of likely N-dealkylation sites (tertiary alicyclic amines) is 1. The summed E-state index contributed by atoms with van der Waals surface area (Å²) in [6, 6.07) is 28.3. The highest BCUT2D eigenvalue weighted by Gasteiger charge is 2.34. The number of amides is 2. The zero-order valence-electron chi connectivity index (χ0n) is 17.6. The molecule has 1 N–H and O–H groups in total. The third kappa shape index (κ3) is 3.97. The van der Waals surface area contributed by atoms with E-state index < -0.39 is 5.92 Å². The molecule has 0 aromatic heterocycles. The van der Waals surface area contributed by atoms with E-state index in [0.717, 1.165) is 32.7 Å². The fraction of sp³-hybridized carbons (Fsp3) is 0.148. The molecule has 1 aliphatic heterocycles. The van der Waals surface area contributed by atoms with Crippen molar-refractivity contribution < 1.29 is 9.59 Å². The minimum Gasteiger partial charge on any atom is -0.338 e. The van der Waals surface area contributed by atoms with Crippen molar-refractivity contribution >= 4 is 39.6 Å². The molecular weight excluding hydrogens is 398 g/mol. The number of fused-ring (bicyclic) bond motifs is 2. The molecule has 5 nitrogen and oxygen atoms in total. The summed E-state index contributed by atoms with van der Waals surface area (Å²) in [7, 11) is 0. The predicted octanol–water partition coefficient (Wildman–Crippen LogP) is 4.49. The lowest BCUT2D eigenvalue weighted by atomic mass is 9.97. The fourth-order valence-electron chi connectivity index (χ4n) is 4.34. The van der Waals surface area contributed by atoms with Crippen LogP contribution >= 0.6 is 0 Å². The molecule has 4 aromatic carbocycles. The van der Waals surface area contributed by atoms with Gasteiger partial charge in [0.1, 0.15) is 0 Å². The molecule has 1 heterocycles. The molecule has 1 saturated heterocycles. The Labute approximate surface area is 186 Å². The summed E-state index contributed by atoms with van der Waals surface area (Å²) in [5.74, 6) is -0.625. The van der Waals surface area contributed by atoms with E-state index in [2.05, 4.69) is 40.9 Å². The van der Waals surface area contributed by atoms with Crippen LogP contribution in [0, 0.1) is 5.92 Å². The van der Waals surface area contributed by atoms with Crippen molar-refractivity contribution in [2.24, 2.45) is 11.0 Å². The third-order valence-electron chi connectivity index (χ3n) is 5.98. The largest absolute Gasteiger partial charge is 0.338 e. The van der Waals surface area contributed by atoms with E-state index in [9.17, 15) is 9.59 Å². The molecule has 158 valence electrons. The van der Waals surface area contributed by atoms with E-state index in [-0.39, 0.29) is 18.2 Å². The lowest BCUT2D eigenvalue weighted by molar-refractivity contribution is -0.129. The highest BCUT2D eigenvalue weighted by atomic mass is 16.2. The van der Waals surface area contributed by atoms with Gasteiger partial charge in [0.2, 0.25) is 11.8 Å². The van der Waals surface area contributed by atoms with Crippen LogP contribution in [0.3, 0.4) is 0 Å². The van der Waals surface area contributed by atoms with Gasteiger partial charge in [0.05, 0.1) is 12.1 Å². The molecule has 2 amide bonds. The standard InChI is InChI=1S/C27H23N3O2/c31-26-15-22(18-30(26)17-19-8-2-1-3-9-19)27(32)29-28-16-25-23-12-6-4-10-20(23)14-21-11-5-7-13-24(21)25/h1-14,16,22H,15,17-18H2,(H,29,32)/b28-16+. The van der Waals surface area contributed by atoms with Crippen LogP contribution in [0.1, 0.15) is 17.5 Å². The first kappa shape index (κ1) is 19.9. The first-order valence-corrected chi connectivity index (χ1v) is 10.7. The van der Waals surface area contributed by atoms with Crippen LogP contribution in [0.25, 0.3) is 21.5 Å². The monoisotopic (exact) mass is 421 g/mol. The number of hydrazone groups is 1. The Bertz CT molecular complexity index is 1280. The topological polar surface area (TPSA) is 61.8 Å².